The van der Waals surface area contributed by atoms with Crippen LogP contribution in [0.2, 0.25) is 0 Å². The second kappa shape index (κ2) is 7.90. The Morgan fingerprint density at radius 2 is 1.83 bits per heavy atom. The lowest BCUT2D eigenvalue weighted by molar-refractivity contribution is 0.0963. The number of carbonyl (C=O) groups is 1. The van der Waals surface area contributed by atoms with Crippen LogP contribution in [0.25, 0.3) is 6.08 Å². The van der Waals surface area contributed by atoms with E-state index in [0.717, 1.165) is 17.5 Å². The zero-order valence-electron chi connectivity index (χ0n) is 16.3. The van der Waals surface area contributed by atoms with Crippen LogP contribution in [-0.2, 0) is 6.42 Å². The summed E-state index contributed by atoms with van der Waals surface area (Å²) in [7, 11) is 1.54. The highest BCUT2D eigenvalue weighted by atomic mass is 19.1. The number of ether oxygens (including phenoxy) is 1. The highest BCUT2D eigenvalue weighted by Crippen LogP contribution is 2.35. The third kappa shape index (κ3) is 3.71. The van der Waals surface area contributed by atoms with Gasteiger partial charge in [0, 0.05) is 23.9 Å². The Balaban J connectivity index is 1.57. The Hall–Kier alpha value is -3.81. The van der Waals surface area contributed by atoms with Crippen LogP contribution in [0, 0.1) is 11.6 Å². The smallest absolute Gasteiger partial charge is 0.261 e. The molecule has 4 rings (SSSR count). The number of anilines is 2. The van der Waals surface area contributed by atoms with Crippen molar-refractivity contribution >= 4 is 23.5 Å². The van der Waals surface area contributed by atoms with Gasteiger partial charge in [-0.15, -0.1) is 0 Å². The van der Waals surface area contributed by atoms with E-state index in [1.165, 1.54) is 13.1 Å². The molecule has 2 aromatic carbocycles. The van der Waals surface area contributed by atoms with Crippen LogP contribution >= 0.6 is 0 Å². The molecule has 1 aliphatic carbocycles. The predicted octanol–water partition coefficient (Wildman–Crippen LogP) is 4.61. The summed E-state index contributed by atoms with van der Waals surface area (Å²) in [5.41, 5.74) is 3.34. The Kier molecular flexibility index (Phi) is 5.14. The Morgan fingerprint density at radius 3 is 2.57 bits per heavy atom. The number of allylic oxidation sites excluding steroid dienone is 1. The van der Waals surface area contributed by atoms with Gasteiger partial charge >= 0.3 is 0 Å². The number of nitrogens with one attached hydrogen (secondary N) is 2. The van der Waals surface area contributed by atoms with Crippen molar-refractivity contribution in [3.8, 4) is 11.6 Å². The number of amides is 1. The molecule has 152 valence electrons. The lowest BCUT2D eigenvalue weighted by atomic mass is 10.1. The third-order valence-electron chi connectivity index (χ3n) is 4.70. The quantitative estimate of drug-likeness (QED) is 0.645. The summed E-state index contributed by atoms with van der Waals surface area (Å²) < 4.78 is 35.0. The van der Waals surface area contributed by atoms with Crippen LogP contribution in [0.5, 0.6) is 11.6 Å². The van der Waals surface area contributed by atoms with Gasteiger partial charge in [0.25, 0.3) is 11.8 Å². The molecule has 0 saturated heterocycles. The van der Waals surface area contributed by atoms with E-state index in [1.807, 2.05) is 6.92 Å². The topological polar surface area (TPSA) is 76.1 Å². The lowest BCUT2D eigenvalue weighted by Gasteiger charge is -2.12. The number of fused-ring (bicyclic) bond motifs is 1. The number of benzene rings is 2. The van der Waals surface area contributed by atoms with E-state index >= 15 is 0 Å². The first-order valence-electron chi connectivity index (χ1n) is 9.22. The summed E-state index contributed by atoms with van der Waals surface area (Å²) in [5.74, 6) is -2.29. The fourth-order valence-corrected chi connectivity index (χ4v) is 3.20. The molecule has 0 aliphatic heterocycles. The van der Waals surface area contributed by atoms with Crippen molar-refractivity contribution in [3.63, 3.8) is 0 Å². The van der Waals surface area contributed by atoms with Crippen molar-refractivity contribution in [1.82, 2.24) is 15.3 Å². The van der Waals surface area contributed by atoms with Gasteiger partial charge in [-0.2, -0.15) is 9.37 Å². The molecule has 8 heteroatoms. The van der Waals surface area contributed by atoms with Gasteiger partial charge in [0.2, 0.25) is 5.82 Å². The maximum Gasteiger partial charge on any atom is 0.261 e. The molecule has 0 saturated carbocycles. The average molecular weight is 408 g/mol. The minimum atomic E-state index is -0.862. The summed E-state index contributed by atoms with van der Waals surface area (Å²) in [6.07, 6.45) is 3.56. The summed E-state index contributed by atoms with van der Waals surface area (Å²) in [6, 6.07) is 9.63. The van der Waals surface area contributed by atoms with Crippen LogP contribution in [0.4, 0.5) is 20.3 Å². The molecule has 0 fully saturated rings. The van der Waals surface area contributed by atoms with E-state index in [1.54, 1.807) is 36.4 Å². The Bertz CT molecular complexity index is 1160. The van der Waals surface area contributed by atoms with Gasteiger partial charge in [-0.1, -0.05) is 17.7 Å². The van der Waals surface area contributed by atoms with Crippen molar-refractivity contribution in [3.05, 3.63) is 76.6 Å². The number of carbonyl (C=O) groups excluding carboxylic acids is 1. The van der Waals surface area contributed by atoms with Gasteiger partial charge in [-0.25, -0.2) is 9.37 Å². The SMILES string of the molecule is CNC(=O)c1ccc(Nc2ncnc(Oc3ccc4c(c3F)C=C(C)C4)c2F)cc1. The van der Waals surface area contributed by atoms with Crippen LogP contribution in [-0.4, -0.2) is 22.9 Å². The lowest BCUT2D eigenvalue weighted by Crippen LogP contribution is -2.17. The highest BCUT2D eigenvalue weighted by molar-refractivity contribution is 5.94. The normalized spacial score (nSPS) is 12.2. The molecule has 1 aromatic heterocycles. The van der Waals surface area contributed by atoms with Crippen molar-refractivity contribution in [2.45, 2.75) is 13.3 Å². The fourth-order valence-electron chi connectivity index (χ4n) is 3.20. The Morgan fingerprint density at radius 1 is 1.07 bits per heavy atom. The van der Waals surface area contributed by atoms with E-state index < -0.39 is 17.5 Å². The molecular weight excluding hydrogens is 390 g/mol. The second-order valence-electron chi connectivity index (χ2n) is 6.84. The average Bonchev–Trinajstić information content (AvgIpc) is 3.14. The summed E-state index contributed by atoms with van der Waals surface area (Å²) in [6.45, 7) is 1.92. The molecule has 1 heterocycles. The maximum atomic E-state index is 14.9. The zero-order valence-corrected chi connectivity index (χ0v) is 16.3. The molecule has 1 aliphatic rings. The first-order chi connectivity index (χ1) is 14.5. The van der Waals surface area contributed by atoms with Crippen LogP contribution in [0.15, 0.2) is 48.3 Å². The molecular formula is C22H18F2N4O2. The molecule has 30 heavy (non-hydrogen) atoms. The number of nitrogens with zero attached hydrogens (tertiary/aromatic N) is 2. The van der Waals surface area contributed by atoms with E-state index in [9.17, 15) is 13.6 Å². The van der Waals surface area contributed by atoms with Crippen molar-refractivity contribution in [1.29, 1.82) is 0 Å². The van der Waals surface area contributed by atoms with Crippen molar-refractivity contribution < 1.29 is 18.3 Å². The summed E-state index contributed by atoms with van der Waals surface area (Å²) >= 11 is 0. The first-order valence-corrected chi connectivity index (χ1v) is 9.22. The molecule has 0 spiro atoms. The van der Waals surface area contributed by atoms with E-state index in [-0.39, 0.29) is 17.5 Å². The monoisotopic (exact) mass is 408 g/mol. The molecule has 1 amide bonds. The minimum absolute atomic E-state index is 0.113. The molecule has 0 atom stereocenters. The highest BCUT2D eigenvalue weighted by Gasteiger charge is 2.20. The van der Waals surface area contributed by atoms with Crippen LogP contribution in [0.1, 0.15) is 28.4 Å². The van der Waals surface area contributed by atoms with Gasteiger partial charge in [-0.05, 0) is 49.2 Å². The minimum Gasteiger partial charge on any atom is -0.433 e. The predicted molar refractivity (Wildman–Crippen MR) is 109 cm³/mol. The molecule has 0 bridgehead atoms. The van der Waals surface area contributed by atoms with Crippen molar-refractivity contribution in [2.24, 2.45) is 0 Å². The molecule has 6 nitrogen and oxygen atoms in total. The molecule has 3 aromatic rings. The number of halogens is 2. The third-order valence-corrected chi connectivity index (χ3v) is 4.70. The number of hydrogen-bond acceptors (Lipinski definition) is 5. The van der Waals surface area contributed by atoms with Gasteiger partial charge in [0.15, 0.2) is 17.4 Å². The molecule has 0 radical (unpaired) electrons. The van der Waals surface area contributed by atoms with Gasteiger partial charge in [0.05, 0.1) is 0 Å². The molecule has 2 N–H and O–H groups in total. The first kappa shape index (κ1) is 19.5. The standard InChI is InChI=1S/C22H18F2N4O2/c1-12-9-14-5-8-17(18(23)16(14)10-12)30-22-19(24)20(26-11-27-22)28-15-6-3-13(4-7-15)21(29)25-2/h3-8,10-11H,9H2,1-2H3,(H,25,29)(H,26,27,28). The van der Waals surface area contributed by atoms with E-state index in [4.69, 9.17) is 4.74 Å². The molecule has 0 unspecified atom stereocenters. The van der Waals surface area contributed by atoms with Gasteiger partial charge < -0.3 is 15.4 Å². The van der Waals surface area contributed by atoms with E-state index in [0.29, 0.717) is 23.2 Å². The van der Waals surface area contributed by atoms with Gasteiger partial charge in [-0.3, -0.25) is 4.79 Å². The fraction of sp³-hybridized carbons (Fsp3) is 0.136. The largest absolute Gasteiger partial charge is 0.433 e. The second-order valence-corrected chi connectivity index (χ2v) is 6.84. The number of rotatable bonds is 5. The maximum absolute atomic E-state index is 14.9. The zero-order chi connectivity index (χ0) is 21.3. The van der Waals surface area contributed by atoms with Crippen LogP contribution < -0.4 is 15.4 Å². The summed E-state index contributed by atoms with van der Waals surface area (Å²) in [4.78, 5) is 19.3. The number of aromatic nitrogens is 2. The van der Waals surface area contributed by atoms with Crippen LogP contribution in [0.3, 0.4) is 0 Å². The number of hydrogen-bond donors (Lipinski definition) is 2. The van der Waals surface area contributed by atoms with Crippen molar-refractivity contribution in [2.75, 3.05) is 12.4 Å². The Labute approximate surface area is 171 Å². The van der Waals surface area contributed by atoms with Gasteiger partial charge in [0.1, 0.15) is 6.33 Å². The summed E-state index contributed by atoms with van der Waals surface area (Å²) in [5, 5.41) is 5.33. The van der Waals surface area contributed by atoms with E-state index in [2.05, 4.69) is 20.6 Å².